The van der Waals surface area contributed by atoms with Gasteiger partial charge in [-0.2, -0.15) is 0 Å². The zero-order valence-electron chi connectivity index (χ0n) is 10.6. The van der Waals surface area contributed by atoms with Crippen molar-refractivity contribution in [1.29, 1.82) is 0 Å². The summed E-state index contributed by atoms with van der Waals surface area (Å²) in [7, 11) is 0. The lowest BCUT2D eigenvalue weighted by Crippen LogP contribution is -2.29. The molecule has 2 atom stereocenters. The van der Waals surface area contributed by atoms with Gasteiger partial charge in [-0.05, 0) is 37.9 Å². The monoisotopic (exact) mass is 232 g/mol. The molecule has 1 aliphatic rings. The molecule has 2 rings (SSSR count). The van der Waals surface area contributed by atoms with Crippen LogP contribution in [0.15, 0.2) is 18.3 Å². The van der Waals surface area contributed by atoms with Gasteiger partial charge in [0.15, 0.2) is 0 Å². The van der Waals surface area contributed by atoms with Crippen molar-refractivity contribution in [1.82, 2.24) is 10.3 Å². The van der Waals surface area contributed by atoms with Crippen LogP contribution in [-0.2, 0) is 11.2 Å². The Bertz CT molecular complexity index is 403. The van der Waals surface area contributed by atoms with Crippen molar-refractivity contribution in [2.24, 2.45) is 0 Å². The number of ketones is 1. The highest BCUT2D eigenvalue weighted by molar-refractivity contribution is 5.86. The first-order valence-corrected chi connectivity index (χ1v) is 6.42. The van der Waals surface area contributed by atoms with E-state index in [1.54, 1.807) is 6.20 Å². The van der Waals surface area contributed by atoms with Crippen LogP contribution in [0.1, 0.15) is 43.9 Å². The second kappa shape index (κ2) is 5.41. The number of nitrogens with one attached hydrogen (secondary N) is 1. The van der Waals surface area contributed by atoms with Crippen LogP contribution >= 0.6 is 0 Å². The summed E-state index contributed by atoms with van der Waals surface area (Å²) in [6, 6.07) is 4.30. The van der Waals surface area contributed by atoms with Crippen molar-refractivity contribution >= 4 is 5.78 Å². The number of carbonyl (C=O) groups is 1. The zero-order chi connectivity index (χ0) is 12.3. The highest BCUT2D eigenvalue weighted by Gasteiger charge is 2.29. The third-order valence-electron chi connectivity index (χ3n) is 3.41. The molecule has 0 radical (unpaired) electrons. The van der Waals surface area contributed by atoms with E-state index in [4.69, 9.17) is 0 Å². The topological polar surface area (TPSA) is 42.0 Å². The molecular weight excluding hydrogens is 212 g/mol. The van der Waals surface area contributed by atoms with Crippen LogP contribution in [0.2, 0.25) is 0 Å². The van der Waals surface area contributed by atoms with Crippen molar-refractivity contribution in [3.05, 3.63) is 29.6 Å². The third-order valence-corrected chi connectivity index (χ3v) is 3.41. The number of aryl methyl sites for hydroxylation is 1. The van der Waals surface area contributed by atoms with E-state index in [1.807, 2.05) is 6.07 Å². The van der Waals surface area contributed by atoms with E-state index in [2.05, 4.69) is 30.2 Å². The second-order valence-electron chi connectivity index (χ2n) is 4.77. The Kier molecular flexibility index (Phi) is 3.89. The molecule has 1 aliphatic carbocycles. The highest BCUT2D eigenvalue weighted by atomic mass is 16.1. The summed E-state index contributed by atoms with van der Waals surface area (Å²) < 4.78 is 0. The van der Waals surface area contributed by atoms with E-state index in [9.17, 15) is 4.79 Å². The minimum Gasteiger partial charge on any atom is -0.314 e. The van der Waals surface area contributed by atoms with Crippen LogP contribution in [-0.4, -0.2) is 23.4 Å². The summed E-state index contributed by atoms with van der Waals surface area (Å²) >= 11 is 0. The van der Waals surface area contributed by atoms with Gasteiger partial charge in [-0.15, -0.1) is 0 Å². The number of aromatic nitrogens is 1. The number of nitrogens with zero attached hydrogens (tertiary/aromatic N) is 1. The van der Waals surface area contributed by atoms with Crippen LogP contribution in [0.5, 0.6) is 0 Å². The van der Waals surface area contributed by atoms with E-state index < -0.39 is 0 Å². The third kappa shape index (κ3) is 2.72. The number of Topliss-reactive ketones (excluding diaryl/α,β-unsaturated/α-hetero) is 1. The maximum atomic E-state index is 12.2. The zero-order valence-corrected chi connectivity index (χ0v) is 10.6. The van der Waals surface area contributed by atoms with Gasteiger partial charge in [-0.3, -0.25) is 9.78 Å². The molecule has 1 heterocycles. The summed E-state index contributed by atoms with van der Waals surface area (Å²) in [5.41, 5.74) is 2.27. The standard InChI is InChI=1S/C14H20N2O/c1-3-15-10(2)9-13(17)12-7-6-11-5-4-8-16-14(11)12/h4-5,8,10,12,15H,3,6-7,9H2,1-2H3. The maximum absolute atomic E-state index is 12.2. The van der Waals surface area contributed by atoms with Crippen LogP contribution in [0.4, 0.5) is 0 Å². The first-order valence-electron chi connectivity index (χ1n) is 6.42. The fraction of sp³-hybridized carbons (Fsp3) is 0.571. The lowest BCUT2D eigenvalue weighted by atomic mass is 9.96. The van der Waals surface area contributed by atoms with Crippen molar-refractivity contribution in [2.75, 3.05) is 6.54 Å². The molecule has 0 saturated carbocycles. The van der Waals surface area contributed by atoms with Gasteiger partial charge in [-0.1, -0.05) is 13.0 Å². The van der Waals surface area contributed by atoms with E-state index in [-0.39, 0.29) is 12.0 Å². The number of carbonyl (C=O) groups excluding carboxylic acids is 1. The molecule has 0 aliphatic heterocycles. The van der Waals surface area contributed by atoms with Crippen molar-refractivity contribution in [3.8, 4) is 0 Å². The maximum Gasteiger partial charge on any atom is 0.143 e. The summed E-state index contributed by atoms with van der Waals surface area (Å²) in [5, 5.41) is 3.28. The minimum atomic E-state index is 0.0345. The molecule has 1 N–H and O–H groups in total. The predicted molar refractivity (Wildman–Crippen MR) is 68.1 cm³/mol. The molecule has 0 fully saturated rings. The Hall–Kier alpha value is -1.22. The van der Waals surface area contributed by atoms with Crippen molar-refractivity contribution < 1.29 is 4.79 Å². The van der Waals surface area contributed by atoms with Crippen LogP contribution in [0, 0.1) is 0 Å². The molecule has 3 nitrogen and oxygen atoms in total. The molecule has 1 aromatic rings. The van der Waals surface area contributed by atoms with E-state index in [1.165, 1.54) is 5.56 Å². The summed E-state index contributed by atoms with van der Waals surface area (Å²) in [6.07, 6.45) is 4.33. The number of hydrogen-bond donors (Lipinski definition) is 1. The molecule has 0 amide bonds. The molecule has 0 spiro atoms. The lowest BCUT2D eigenvalue weighted by molar-refractivity contribution is -0.120. The molecule has 17 heavy (non-hydrogen) atoms. The predicted octanol–water partition coefficient (Wildman–Crippen LogP) is 2.07. The Labute approximate surface area is 103 Å². The fourth-order valence-corrected chi connectivity index (χ4v) is 2.59. The number of pyridine rings is 1. The molecule has 0 saturated heterocycles. The SMILES string of the molecule is CCNC(C)CC(=O)C1CCc2cccnc21. The van der Waals surface area contributed by atoms with E-state index in [0.717, 1.165) is 25.1 Å². The first kappa shape index (κ1) is 12.2. The second-order valence-corrected chi connectivity index (χ2v) is 4.77. The smallest absolute Gasteiger partial charge is 0.143 e. The highest BCUT2D eigenvalue weighted by Crippen LogP contribution is 2.32. The van der Waals surface area contributed by atoms with Crippen LogP contribution < -0.4 is 5.32 Å². The number of hydrogen-bond acceptors (Lipinski definition) is 3. The Morgan fingerprint density at radius 2 is 2.47 bits per heavy atom. The van der Waals surface area contributed by atoms with Gasteiger partial charge in [0.1, 0.15) is 5.78 Å². The van der Waals surface area contributed by atoms with Gasteiger partial charge in [0.2, 0.25) is 0 Å². The summed E-state index contributed by atoms with van der Waals surface area (Å²) in [6.45, 7) is 5.04. The van der Waals surface area contributed by atoms with Gasteiger partial charge in [-0.25, -0.2) is 0 Å². The normalized spacial score (nSPS) is 20.0. The van der Waals surface area contributed by atoms with Crippen molar-refractivity contribution in [3.63, 3.8) is 0 Å². The molecule has 0 bridgehead atoms. The Morgan fingerprint density at radius 3 is 3.24 bits per heavy atom. The fourth-order valence-electron chi connectivity index (χ4n) is 2.59. The quantitative estimate of drug-likeness (QED) is 0.845. The lowest BCUT2D eigenvalue weighted by Gasteiger charge is -2.14. The van der Waals surface area contributed by atoms with Gasteiger partial charge >= 0.3 is 0 Å². The Morgan fingerprint density at radius 1 is 1.65 bits per heavy atom. The molecule has 1 aromatic heterocycles. The minimum absolute atomic E-state index is 0.0345. The van der Waals surface area contributed by atoms with E-state index in [0.29, 0.717) is 12.2 Å². The average molecular weight is 232 g/mol. The van der Waals surface area contributed by atoms with E-state index >= 15 is 0 Å². The van der Waals surface area contributed by atoms with Crippen molar-refractivity contribution in [2.45, 2.75) is 45.1 Å². The molecule has 92 valence electrons. The number of rotatable bonds is 5. The Balaban J connectivity index is 2.02. The first-order chi connectivity index (χ1) is 8.22. The average Bonchev–Trinajstić information content (AvgIpc) is 2.72. The molecule has 3 heteroatoms. The largest absolute Gasteiger partial charge is 0.314 e. The van der Waals surface area contributed by atoms with Gasteiger partial charge < -0.3 is 5.32 Å². The summed E-state index contributed by atoms with van der Waals surface area (Å²) in [4.78, 5) is 16.6. The van der Waals surface area contributed by atoms with Gasteiger partial charge in [0, 0.05) is 18.7 Å². The van der Waals surface area contributed by atoms with Crippen LogP contribution in [0.3, 0.4) is 0 Å². The molecule has 2 unspecified atom stereocenters. The van der Waals surface area contributed by atoms with Gasteiger partial charge in [0.25, 0.3) is 0 Å². The van der Waals surface area contributed by atoms with Crippen LogP contribution in [0.25, 0.3) is 0 Å². The summed E-state index contributed by atoms with van der Waals surface area (Å²) in [5.74, 6) is 0.364. The molecule has 0 aromatic carbocycles. The molecular formula is C14H20N2O. The number of fused-ring (bicyclic) bond motifs is 1. The van der Waals surface area contributed by atoms with Gasteiger partial charge in [0.05, 0.1) is 11.6 Å².